The molecule has 0 unspecified atom stereocenters. The van der Waals surface area contributed by atoms with Gasteiger partial charge in [-0.1, -0.05) is 48.0 Å². The minimum atomic E-state index is -3.75. The molecule has 0 fully saturated rings. The summed E-state index contributed by atoms with van der Waals surface area (Å²) in [5.74, 6) is 0.509. The number of sulfonamides is 1. The lowest BCUT2D eigenvalue weighted by Gasteiger charge is -2.11. The van der Waals surface area contributed by atoms with E-state index in [0.29, 0.717) is 23.6 Å². The Bertz CT molecular complexity index is 1160. The molecule has 0 spiro atoms. The predicted molar refractivity (Wildman–Crippen MR) is 124 cm³/mol. The first-order valence-electron chi connectivity index (χ1n) is 9.33. The maximum atomic E-state index is 13.6. The summed E-state index contributed by atoms with van der Waals surface area (Å²) < 4.78 is 40.8. The van der Waals surface area contributed by atoms with Crippen LogP contribution in [0.15, 0.2) is 77.7 Å². The molecule has 9 heteroatoms. The fraction of sp³-hybridized carbons (Fsp3) is 0.136. The maximum absolute atomic E-state index is 13.6. The van der Waals surface area contributed by atoms with Gasteiger partial charge in [-0.3, -0.25) is 9.52 Å². The van der Waals surface area contributed by atoms with Gasteiger partial charge in [-0.2, -0.15) is 11.8 Å². The number of benzene rings is 3. The maximum Gasteiger partial charge on any atom is 0.261 e. The topological polar surface area (TPSA) is 75.3 Å². The Balaban J connectivity index is 1.52. The molecule has 3 aromatic rings. The van der Waals surface area contributed by atoms with E-state index in [1.165, 1.54) is 48.2 Å². The molecule has 0 aliphatic carbocycles. The smallest absolute Gasteiger partial charge is 0.261 e. The number of nitrogens with one attached hydrogen (secondary N) is 2. The van der Waals surface area contributed by atoms with E-state index in [9.17, 15) is 17.6 Å². The van der Waals surface area contributed by atoms with Crippen LogP contribution in [0, 0.1) is 5.82 Å². The van der Waals surface area contributed by atoms with Crippen LogP contribution in [0.25, 0.3) is 0 Å². The van der Waals surface area contributed by atoms with Gasteiger partial charge in [0.1, 0.15) is 5.82 Å². The summed E-state index contributed by atoms with van der Waals surface area (Å²) in [6.07, 6.45) is 0. The van der Waals surface area contributed by atoms with Crippen LogP contribution in [0.2, 0.25) is 5.02 Å². The third-order valence-corrected chi connectivity index (χ3v) is 6.98. The molecule has 0 saturated heterocycles. The molecule has 1 amide bonds. The van der Waals surface area contributed by atoms with Crippen molar-refractivity contribution in [3.8, 4) is 0 Å². The van der Waals surface area contributed by atoms with Gasteiger partial charge in [0.2, 0.25) is 0 Å². The summed E-state index contributed by atoms with van der Waals surface area (Å²) in [5.41, 5.74) is 1.12. The molecule has 31 heavy (non-hydrogen) atoms. The minimum absolute atomic E-state index is 0.126. The van der Waals surface area contributed by atoms with Crippen molar-refractivity contribution in [1.82, 2.24) is 5.32 Å². The van der Waals surface area contributed by atoms with Crippen LogP contribution >= 0.6 is 23.4 Å². The zero-order valence-electron chi connectivity index (χ0n) is 16.3. The summed E-state index contributed by atoms with van der Waals surface area (Å²) in [6, 6.07) is 18.9. The molecule has 0 radical (unpaired) electrons. The predicted octanol–water partition coefficient (Wildman–Crippen LogP) is 4.94. The quantitative estimate of drug-likeness (QED) is 0.427. The summed E-state index contributed by atoms with van der Waals surface area (Å²) in [7, 11) is -3.75. The Morgan fingerprint density at radius 1 is 1.00 bits per heavy atom. The van der Waals surface area contributed by atoms with Gasteiger partial charge in [0.05, 0.1) is 21.2 Å². The lowest BCUT2D eigenvalue weighted by atomic mass is 10.2. The largest absolute Gasteiger partial charge is 0.351 e. The molecule has 0 aliphatic heterocycles. The number of amides is 1. The normalized spacial score (nSPS) is 11.2. The first-order chi connectivity index (χ1) is 14.9. The molecule has 0 saturated carbocycles. The number of hydrogen-bond donors (Lipinski definition) is 2. The van der Waals surface area contributed by atoms with Crippen molar-refractivity contribution >= 4 is 45.0 Å². The van der Waals surface area contributed by atoms with Crippen LogP contribution in [-0.2, 0) is 15.8 Å². The number of carbonyl (C=O) groups excluding carboxylic acids is 1. The van der Waals surface area contributed by atoms with Gasteiger partial charge in [0, 0.05) is 18.1 Å². The average molecular weight is 479 g/mol. The Labute approximate surface area is 190 Å². The molecule has 0 bridgehead atoms. The van der Waals surface area contributed by atoms with E-state index < -0.39 is 10.0 Å². The van der Waals surface area contributed by atoms with Crippen molar-refractivity contribution in [2.24, 2.45) is 0 Å². The number of thioether (sulfide) groups is 1. The van der Waals surface area contributed by atoms with Crippen LogP contribution in [0.1, 0.15) is 15.9 Å². The van der Waals surface area contributed by atoms with E-state index in [0.717, 1.165) is 0 Å². The lowest BCUT2D eigenvalue weighted by molar-refractivity contribution is 0.0956. The first-order valence-corrected chi connectivity index (χ1v) is 12.4. The molecule has 3 rings (SSSR count). The monoisotopic (exact) mass is 478 g/mol. The number of hydrogen-bond acceptors (Lipinski definition) is 4. The van der Waals surface area contributed by atoms with E-state index in [2.05, 4.69) is 10.0 Å². The third kappa shape index (κ3) is 6.46. The molecular formula is C22H20ClFN2O3S2. The van der Waals surface area contributed by atoms with E-state index in [1.54, 1.807) is 36.4 Å². The second-order valence-electron chi connectivity index (χ2n) is 6.51. The van der Waals surface area contributed by atoms with Gasteiger partial charge >= 0.3 is 0 Å². The van der Waals surface area contributed by atoms with Gasteiger partial charge in [-0.15, -0.1) is 0 Å². The molecule has 3 aromatic carbocycles. The number of carbonyl (C=O) groups is 1. The average Bonchev–Trinajstić information content (AvgIpc) is 2.75. The molecule has 5 nitrogen and oxygen atoms in total. The standard InChI is InChI=1S/C22H20ClFN2O3S2/c23-20-14-17(26-31(28,29)18-7-2-1-3-8-18)10-11-19(20)22(27)25-12-13-30-15-16-6-4-5-9-21(16)24/h1-11,14,26H,12-13,15H2,(H,25,27). The molecule has 0 heterocycles. The second-order valence-corrected chi connectivity index (χ2v) is 9.71. The van der Waals surface area contributed by atoms with Crippen LogP contribution in [0.3, 0.4) is 0 Å². The molecule has 0 aliphatic rings. The van der Waals surface area contributed by atoms with Gasteiger partial charge in [0.15, 0.2) is 0 Å². The van der Waals surface area contributed by atoms with Crippen molar-refractivity contribution in [3.05, 3.63) is 94.8 Å². The van der Waals surface area contributed by atoms with Gasteiger partial charge in [-0.25, -0.2) is 12.8 Å². The summed E-state index contributed by atoms with van der Waals surface area (Å²) >= 11 is 7.70. The molecule has 2 N–H and O–H groups in total. The molecule has 0 atom stereocenters. The highest BCUT2D eigenvalue weighted by Crippen LogP contribution is 2.23. The SMILES string of the molecule is O=C(NCCSCc1ccccc1F)c1ccc(NS(=O)(=O)c2ccccc2)cc1Cl. The first kappa shape index (κ1) is 23.1. The number of halogens is 2. The number of anilines is 1. The van der Waals surface area contributed by atoms with Crippen molar-refractivity contribution in [2.75, 3.05) is 17.0 Å². The Morgan fingerprint density at radius 2 is 1.71 bits per heavy atom. The van der Waals surface area contributed by atoms with Gasteiger partial charge in [-0.05, 0) is 42.0 Å². The molecule has 162 valence electrons. The fourth-order valence-electron chi connectivity index (χ4n) is 2.71. The highest BCUT2D eigenvalue weighted by molar-refractivity contribution is 7.98. The Morgan fingerprint density at radius 3 is 2.42 bits per heavy atom. The molecule has 0 aromatic heterocycles. The number of rotatable bonds is 9. The Kier molecular flexibility index (Phi) is 7.95. The van der Waals surface area contributed by atoms with E-state index in [1.807, 2.05) is 0 Å². The van der Waals surface area contributed by atoms with E-state index in [4.69, 9.17) is 11.6 Å². The lowest BCUT2D eigenvalue weighted by Crippen LogP contribution is -2.26. The minimum Gasteiger partial charge on any atom is -0.351 e. The van der Waals surface area contributed by atoms with Gasteiger partial charge < -0.3 is 5.32 Å². The summed E-state index contributed by atoms with van der Waals surface area (Å²) in [5, 5.41) is 2.89. The summed E-state index contributed by atoms with van der Waals surface area (Å²) in [4.78, 5) is 12.5. The molecular weight excluding hydrogens is 459 g/mol. The van der Waals surface area contributed by atoms with Crippen LogP contribution < -0.4 is 10.0 Å². The highest BCUT2D eigenvalue weighted by atomic mass is 35.5. The Hall–Kier alpha value is -2.55. The van der Waals surface area contributed by atoms with Crippen molar-refractivity contribution in [1.29, 1.82) is 0 Å². The fourth-order valence-corrected chi connectivity index (χ4v) is 4.89. The zero-order valence-corrected chi connectivity index (χ0v) is 18.7. The summed E-state index contributed by atoms with van der Waals surface area (Å²) in [6.45, 7) is 0.386. The van der Waals surface area contributed by atoms with E-state index >= 15 is 0 Å². The van der Waals surface area contributed by atoms with Crippen LogP contribution in [0.5, 0.6) is 0 Å². The van der Waals surface area contributed by atoms with Crippen molar-refractivity contribution in [2.45, 2.75) is 10.6 Å². The van der Waals surface area contributed by atoms with Crippen LogP contribution in [-0.4, -0.2) is 26.6 Å². The highest BCUT2D eigenvalue weighted by Gasteiger charge is 2.16. The van der Waals surface area contributed by atoms with Crippen molar-refractivity contribution < 1.29 is 17.6 Å². The second kappa shape index (κ2) is 10.7. The van der Waals surface area contributed by atoms with Gasteiger partial charge in [0.25, 0.3) is 15.9 Å². The van der Waals surface area contributed by atoms with Crippen LogP contribution in [0.4, 0.5) is 10.1 Å². The van der Waals surface area contributed by atoms with Crippen molar-refractivity contribution in [3.63, 3.8) is 0 Å². The van der Waals surface area contributed by atoms with E-state index in [-0.39, 0.29) is 32.9 Å². The third-order valence-electron chi connectivity index (χ3n) is 4.27. The zero-order chi connectivity index (χ0) is 22.3.